The van der Waals surface area contributed by atoms with Crippen molar-refractivity contribution in [1.29, 1.82) is 5.26 Å². The van der Waals surface area contributed by atoms with Gasteiger partial charge in [-0.1, -0.05) is 12.1 Å². The van der Waals surface area contributed by atoms with E-state index in [1.54, 1.807) is 43.3 Å². The van der Waals surface area contributed by atoms with Crippen LogP contribution in [-0.2, 0) is 9.53 Å². The van der Waals surface area contributed by atoms with Crippen LogP contribution in [0.4, 0.5) is 11.4 Å². The molecule has 0 aliphatic carbocycles. The number of nitrogens with zero attached hydrogens (tertiary/aromatic N) is 2. The molecule has 2 aromatic carbocycles. The lowest BCUT2D eigenvalue weighted by Crippen LogP contribution is -2.35. The third kappa shape index (κ3) is 4.58. The molecule has 0 aromatic heterocycles. The number of amides is 1. The SMILES string of the molecule is Cc1cccc(C(=O)OCC(=O)N(CCC#N)c2ccc3c(c2)OCCO3)c1N. The number of nitrogens with two attached hydrogens (primary N) is 1. The Morgan fingerprint density at radius 3 is 2.72 bits per heavy atom. The second kappa shape index (κ2) is 8.97. The Balaban J connectivity index is 1.73. The molecule has 150 valence electrons. The van der Waals surface area contributed by atoms with Gasteiger partial charge >= 0.3 is 5.97 Å². The van der Waals surface area contributed by atoms with Gasteiger partial charge in [-0.3, -0.25) is 4.79 Å². The van der Waals surface area contributed by atoms with Gasteiger partial charge in [0.15, 0.2) is 18.1 Å². The molecule has 1 aliphatic heterocycles. The number of hydrogen-bond donors (Lipinski definition) is 1. The molecule has 0 radical (unpaired) electrons. The van der Waals surface area contributed by atoms with Crippen LogP contribution in [0.1, 0.15) is 22.3 Å². The quantitative estimate of drug-likeness (QED) is 0.590. The third-order valence-electron chi connectivity index (χ3n) is 4.46. The van der Waals surface area contributed by atoms with E-state index >= 15 is 0 Å². The van der Waals surface area contributed by atoms with E-state index in [0.717, 1.165) is 5.56 Å². The Kier molecular flexibility index (Phi) is 6.19. The van der Waals surface area contributed by atoms with Crippen molar-refractivity contribution in [3.63, 3.8) is 0 Å². The van der Waals surface area contributed by atoms with E-state index in [9.17, 15) is 9.59 Å². The molecule has 0 saturated carbocycles. The largest absolute Gasteiger partial charge is 0.486 e. The summed E-state index contributed by atoms with van der Waals surface area (Å²) in [5.74, 6) is -0.0273. The highest BCUT2D eigenvalue weighted by Gasteiger charge is 2.21. The molecular weight excluding hydrogens is 374 g/mol. The molecule has 0 fully saturated rings. The summed E-state index contributed by atoms with van der Waals surface area (Å²) in [5, 5.41) is 8.93. The number of anilines is 2. The van der Waals surface area contributed by atoms with Crippen molar-refractivity contribution in [2.24, 2.45) is 0 Å². The second-order valence-electron chi connectivity index (χ2n) is 6.39. The maximum Gasteiger partial charge on any atom is 0.340 e. The molecule has 8 heteroatoms. The number of aryl methyl sites for hydroxylation is 1. The molecule has 0 spiro atoms. The number of rotatable bonds is 6. The third-order valence-corrected chi connectivity index (χ3v) is 4.46. The van der Waals surface area contributed by atoms with Gasteiger partial charge in [0.2, 0.25) is 0 Å². The number of ether oxygens (including phenoxy) is 3. The van der Waals surface area contributed by atoms with Gasteiger partial charge in [0.1, 0.15) is 13.2 Å². The van der Waals surface area contributed by atoms with Crippen molar-refractivity contribution in [3.05, 3.63) is 47.5 Å². The standard InChI is InChI=1S/C21H21N3O5/c1-14-4-2-5-16(20(14)23)21(26)29-13-19(25)24(9-3-8-22)15-6-7-17-18(12-15)28-11-10-27-17/h2,4-7,12H,3,9-11,13,23H2,1H3. The number of para-hydroxylation sites is 1. The van der Waals surface area contributed by atoms with Crippen molar-refractivity contribution in [2.45, 2.75) is 13.3 Å². The fourth-order valence-electron chi connectivity index (χ4n) is 2.90. The van der Waals surface area contributed by atoms with Crippen molar-refractivity contribution >= 4 is 23.3 Å². The molecule has 0 atom stereocenters. The molecule has 0 bridgehead atoms. The van der Waals surface area contributed by atoms with Crippen LogP contribution in [0.25, 0.3) is 0 Å². The average molecular weight is 395 g/mol. The van der Waals surface area contributed by atoms with E-state index in [0.29, 0.717) is 36.1 Å². The maximum atomic E-state index is 12.7. The van der Waals surface area contributed by atoms with E-state index in [1.807, 2.05) is 6.07 Å². The molecule has 1 amide bonds. The van der Waals surface area contributed by atoms with E-state index in [2.05, 4.69) is 0 Å². The maximum absolute atomic E-state index is 12.7. The first kappa shape index (κ1) is 20.0. The van der Waals surface area contributed by atoms with Crippen molar-refractivity contribution < 1.29 is 23.8 Å². The summed E-state index contributed by atoms with van der Waals surface area (Å²) in [6.45, 7) is 2.33. The molecule has 2 N–H and O–H groups in total. The average Bonchev–Trinajstić information content (AvgIpc) is 2.74. The molecule has 0 unspecified atom stereocenters. The number of esters is 1. The zero-order chi connectivity index (χ0) is 20.8. The lowest BCUT2D eigenvalue weighted by atomic mass is 10.1. The van der Waals surface area contributed by atoms with Gasteiger partial charge in [0, 0.05) is 24.0 Å². The number of nitriles is 1. The number of benzene rings is 2. The van der Waals surface area contributed by atoms with E-state index in [4.69, 9.17) is 25.2 Å². The summed E-state index contributed by atoms with van der Waals surface area (Å²) in [5.41, 5.74) is 7.72. The van der Waals surface area contributed by atoms with Crippen LogP contribution in [0.5, 0.6) is 11.5 Å². The summed E-state index contributed by atoms with van der Waals surface area (Å²) in [6.07, 6.45) is 0.124. The predicted octanol–water partition coefficient (Wildman–Crippen LogP) is 2.45. The highest BCUT2D eigenvalue weighted by molar-refractivity contribution is 5.99. The lowest BCUT2D eigenvalue weighted by molar-refractivity contribution is -0.121. The van der Waals surface area contributed by atoms with Gasteiger partial charge < -0.3 is 24.8 Å². The minimum atomic E-state index is -0.679. The number of nitrogen functional groups attached to an aromatic ring is 1. The van der Waals surface area contributed by atoms with Crippen molar-refractivity contribution in [1.82, 2.24) is 0 Å². The van der Waals surface area contributed by atoms with Crippen LogP contribution in [0.3, 0.4) is 0 Å². The number of carbonyl (C=O) groups is 2. The summed E-state index contributed by atoms with van der Waals surface area (Å²) < 4.78 is 16.2. The molecule has 3 rings (SSSR count). The first-order chi connectivity index (χ1) is 14.0. The van der Waals surface area contributed by atoms with Crippen LogP contribution >= 0.6 is 0 Å². The molecule has 29 heavy (non-hydrogen) atoms. The normalized spacial score (nSPS) is 12.0. The Bertz CT molecular complexity index is 967. The van der Waals surface area contributed by atoms with Gasteiger partial charge in [-0.15, -0.1) is 0 Å². The van der Waals surface area contributed by atoms with Crippen LogP contribution in [-0.4, -0.2) is 38.2 Å². The van der Waals surface area contributed by atoms with Crippen LogP contribution in [0.15, 0.2) is 36.4 Å². The van der Waals surface area contributed by atoms with Crippen molar-refractivity contribution in [3.8, 4) is 17.6 Å². The van der Waals surface area contributed by atoms with Gasteiger partial charge in [0.05, 0.1) is 18.1 Å². The first-order valence-electron chi connectivity index (χ1n) is 9.10. The highest BCUT2D eigenvalue weighted by Crippen LogP contribution is 2.34. The minimum absolute atomic E-state index is 0.124. The number of hydrogen-bond acceptors (Lipinski definition) is 7. The zero-order valence-electron chi connectivity index (χ0n) is 16.0. The van der Waals surface area contributed by atoms with Crippen LogP contribution in [0.2, 0.25) is 0 Å². The topological polar surface area (TPSA) is 115 Å². The Hall–Kier alpha value is -3.73. The molecular formula is C21H21N3O5. The van der Waals surface area contributed by atoms with E-state index in [-0.39, 0.29) is 18.5 Å². The second-order valence-corrected chi connectivity index (χ2v) is 6.39. The predicted molar refractivity (Wildman–Crippen MR) is 106 cm³/mol. The van der Waals surface area contributed by atoms with Gasteiger partial charge in [-0.25, -0.2) is 4.79 Å². The smallest absolute Gasteiger partial charge is 0.340 e. The van der Waals surface area contributed by atoms with Crippen LogP contribution < -0.4 is 20.1 Å². The van der Waals surface area contributed by atoms with Gasteiger partial charge in [-0.05, 0) is 30.7 Å². The fraction of sp³-hybridized carbons (Fsp3) is 0.286. The fourth-order valence-corrected chi connectivity index (χ4v) is 2.90. The Labute approximate surface area is 168 Å². The molecule has 1 heterocycles. The first-order valence-corrected chi connectivity index (χ1v) is 9.10. The monoisotopic (exact) mass is 395 g/mol. The Morgan fingerprint density at radius 1 is 1.21 bits per heavy atom. The minimum Gasteiger partial charge on any atom is -0.486 e. The van der Waals surface area contributed by atoms with E-state index < -0.39 is 18.5 Å². The lowest BCUT2D eigenvalue weighted by Gasteiger charge is -2.24. The van der Waals surface area contributed by atoms with Gasteiger partial charge in [0.25, 0.3) is 5.91 Å². The molecule has 2 aromatic rings. The highest BCUT2D eigenvalue weighted by atomic mass is 16.6. The number of carbonyl (C=O) groups excluding carboxylic acids is 2. The molecule has 0 saturated heterocycles. The number of fused-ring (bicyclic) bond motifs is 1. The van der Waals surface area contributed by atoms with Crippen LogP contribution in [0, 0.1) is 18.3 Å². The summed E-state index contributed by atoms with van der Waals surface area (Å²) >= 11 is 0. The summed E-state index contributed by atoms with van der Waals surface area (Å²) in [6, 6.07) is 12.1. The summed E-state index contributed by atoms with van der Waals surface area (Å²) in [4.78, 5) is 26.4. The molecule has 1 aliphatic rings. The van der Waals surface area contributed by atoms with Crippen molar-refractivity contribution in [2.75, 3.05) is 37.0 Å². The Morgan fingerprint density at radius 2 is 1.97 bits per heavy atom. The van der Waals surface area contributed by atoms with Gasteiger partial charge in [-0.2, -0.15) is 5.26 Å². The zero-order valence-corrected chi connectivity index (χ0v) is 16.0. The van der Waals surface area contributed by atoms with E-state index in [1.165, 1.54) is 4.90 Å². The molecule has 8 nitrogen and oxygen atoms in total. The summed E-state index contributed by atoms with van der Waals surface area (Å²) in [7, 11) is 0.